The maximum Gasteiger partial charge on any atom is 0.326 e. The van der Waals surface area contributed by atoms with Crippen molar-refractivity contribution in [3.8, 4) is 0 Å². The molecule has 0 saturated carbocycles. The summed E-state index contributed by atoms with van der Waals surface area (Å²) >= 11 is 0. The second-order valence-electron chi connectivity index (χ2n) is 7.40. The molecule has 3 amide bonds. The van der Waals surface area contributed by atoms with E-state index in [2.05, 4.69) is 25.9 Å². The van der Waals surface area contributed by atoms with Crippen molar-refractivity contribution in [2.75, 3.05) is 6.61 Å². The number of nitrogens with one attached hydrogen (secondary N) is 4. The first kappa shape index (κ1) is 25.0. The molecule has 1 aromatic rings. The van der Waals surface area contributed by atoms with Crippen LogP contribution in [0.5, 0.6) is 0 Å². The molecule has 4 atom stereocenters. The number of nitrogens with zero attached hydrogens (tertiary/aromatic N) is 1. The number of aromatic nitrogens is 2. The summed E-state index contributed by atoms with van der Waals surface area (Å²) in [6.07, 6.45) is 3.01. The average Bonchev–Trinajstić information content (AvgIpc) is 3.17. The predicted octanol–water partition coefficient (Wildman–Crippen LogP) is -2.12. The van der Waals surface area contributed by atoms with Gasteiger partial charge in [0, 0.05) is 18.3 Å². The number of amides is 3. The minimum atomic E-state index is -1.40. The number of aliphatic hydroxyl groups is 1. The van der Waals surface area contributed by atoms with Crippen molar-refractivity contribution in [1.82, 2.24) is 25.9 Å². The number of carbonyl (C=O) groups is 4. The van der Waals surface area contributed by atoms with Crippen LogP contribution in [0.15, 0.2) is 12.5 Å². The zero-order valence-electron chi connectivity index (χ0n) is 17.2. The van der Waals surface area contributed by atoms with Crippen LogP contribution in [0, 0.1) is 5.92 Å². The number of carbonyl (C=O) groups excluding carboxylic acids is 3. The monoisotopic (exact) mass is 426 g/mol. The lowest BCUT2D eigenvalue weighted by molar-refractivity contribution is -0.142. The molecule has 168 valence electrons. The first-order valence-electron chi connectivity index (χ1n) is 9.52. The van der Waals surface area contributed by atoms with E-state index in [1.807, 2.05) is 13.8 Å². The fourth-order valence-electron chi connectivity index (χ4n) is 2.56. The molecule has 0 aliphatic rings. The molecule has 0 aliphatic carbocycles. The molecule has 0 fully saturated rings. The number of aromatic amines is 1. The molecule has 12 nitrogen and oxygen atoms in total. The molecule has 12 heteroatoms. The molecular weight excluding hydrogens is 396 g/mol. The van der Waals surface area contributed by atoms with Crippen LogP contribution in [0.3, 0.4) is 0 Å². The molecule has 1 rings (SSSR count). The van der Waals surface area contributed by atoms with Crippen molar-refractivity contribution < 1.29 is 29.4 Å². The van der Waals surface area contributed by atoms with E-state index in [-0.39, 0.29) is 18.8 Å². The largest absolute Gasteiger partial charge is 0.480 e. The van der Waals surface area contributed by atoms with Crippen LogP contribution in [0.25, 0.3) is 0 Å². The summed E-state index contributed by atoms with van der Waals surface area (Å²) in [6.45, 7) is 4.40. The molecule has 1 aromatic heterocycles. The maximum atomic E-state index is 12.6. The Labute approximate surface area is 174 Å². The zero-order chi connectivity index (χ0) is 22.8. The van der Waals surface area contributed by atoms with Crippen molar-refractivity contribution in [2.45, 2.75) is 57.8 Å². The van der Waals surface area contributed by atoms with Crippen molar-refractivity contribution >= 4 is 23.7 Å². The standard InChI is InChI=1S/C18H30N6O6/c1-9(2)4-12(22-15(26)10(3)19)16(27)24-14(7-25)17(28)23-13(18(29)30)5-11-6-20-8-21-11/h6,8-10,12-14,25H,4-5,7,19H2,1-3H3,(H,20,21)(H,22,26)(H,23,28)(H,24,27)(H,29,30). The van der Waals surface area contributed by atoms with Crippen LogP contribution >= 0.6 is 0 Å². The van der Waals surface area contributed by atoms with E-state index in [9.17, 15) is 29.4 Å². The summed E-state index contributed by atoms with van der Waals surface area (Å²) in [6, 6.07) is -4.50. The van der Waals surface area contributed by atoms with E-state index in [0.29, 0.717) is 5.69 Å². The summed E-state index contributed by atoms with van der Waals surface area (Å²) in [4.78, 5) is 54.9. The van der Waals surface area contributed by atoms with Crippen LogP contribution in [0.4, 0.5) is 0 Å². The molecule has 0 saturated heterocycles. The molecule has 0 bridgehead atoms. The fraction of sp³-hybridized carbons (Fsp3) is 0.611. The van der Waals surface area contributed by atoms with Gasteiger partial charge in [0.1, 0.15) is 18.1 Å². The van der Waals surface area contributed by atoms with Gasteiger partial charge in [0.2, 0.25) is 17.7 Å². The summed E-state index contributed by atoms with van der Waals surface area (Å²) in [7, 11) is 0. The van der Waals surface area contributed by atoms with Crippen molar-refractivity contribution in [3.63, 3.8) is 0 Å². The van der Waals surface area contributed by atoms with Crippen LogP contribution < -0.4 is 21.7 Å². The number of hydrogen-bond acceptors (Lipinski definition) is 7. The van der Waals surface area contributed by atoms with E-state index < -0.39 is 54.5 Å². The minimum Gasteiger partial charge on any atom is -0.480 e. The van der Waals surface area contributed by atoms with Crippen LogP contribution in [0.1, 0.15) is 32.9 Å². The first-order valence-corrected chi connectivity index (χ1v) is 9.52. The van der Waals surface area contributed by atoms with Crippen molar-refractivity contribution in [1.29, 1.82) is 0 Å². The number of H-pyrrole nitrogens is 1. The Balaban J connectivity index is 2.81. The van der Waals surface area contributed by atoms with E-state index in [1.54, 1.807) is 0 Å². The highest BCUT2D eigenvalue weighted by molar-refractivity contribution is 5.94. The van der Waals surface area contributed by atoms with Gasteiger partial charge in [-0.3, -0.25) is 14.4 Å². The number of aliphatic carboxylic acids is 1. The van der Waals surface area contributed by atoms with Gasteiger partial charge in [0.25, 0.3) is 0 Å². The lowest BCUT2D eigenvalue weighted by Gasteiger charge is -2.24. The summed E-state index contributed by atoms with van der Waals surface area (Å²) < 4.78 is 0. The third-order valence-electron chi connectivity index (χ3n) is 4.16. The molecule has 0 radical (unpaired) electrons. The smallest absolute Gasteiger partial charge is 0.326 e. The van der Waals surface area contributed by atoms with E-state index >= 15 is 0 Å². The third-order valence-corrected chi connectivity index (χ3v) is 4.16. The van der Waals surface area contributed by atoms with Crippen LogP contribution in [-0.4, -0.2) is 74.6 Å². The van der Waals surface area contributed by atoms with E-state index in [4.69, 9.17) is 5.73 Å². The van der Waals surface area contributed by atoms with Gasteiger partial charge in [-0.15, -0.1) is 0 Å². The number of aliphatic hydroxyl groups excluding tert-OH is 1. The average molecular weight is 426 g/mol. The number of carboxylic acid groups (broad SMARTS) is 1. The Morgan fingerprint density at radius 1 is 1.03 bits per heavy atom. The van der Waals surface area contributed by atoms with Crippen molar-refractivity contribution in [3.05, 3.63) is 18.2 Å². The molecule has 8 N–H and O–H groups in total. The number of rotatable bonds is 12. The van der Waals surface area contributed by atoms with E-state index in [0.717, 1.165) is 0 Å². The SMILES string of the molecule is CC(C)CC(NC(=O)C(C)N)C(=O)NC(CO)C(=O)NC(Cc1cnc[nH]1)C(=O)O. The number of imidazole rings is 1. The van der Waals surface area contributed by atoms with Gasteiger partial charge >= 0.3 is 5.97 Å². The lowest BCUT2D eigenvalue weighted by atomic mass is 10.0. The highest BCUT2D eigenvalue weighted by Gasteiger charge is 2.30. The van der Waals surface area contributed by atoms with E-state index in [1.165, 1.54) is 19.4 Å². The summed E-state index contributed by atoms with van der Waals surface area (Å²) in [5, 5.41) is 26.0. The Bertz CT molecular complexity index is 721. The molecule has 0 aromatic carbocycles. The highest BCUT2D eigenvalue weighted by atomic mass is 16.4. The van der Waals surface area contributed by atoms with Crippen LogP contribution in [0.2, 0.25) is 0 Å². The molecular formula is C18H30N6O6. The number of nitrogens with two attached hydrogens (primary N) is 1. The molecule has 0 spiro atoms. The Kier molecular flexibility index (Phi) is 9.92. The lowest BCUT2D eigenvalue weighted by Crippen LogP contribution is -2.58. The topological polar surface area (TPSA) is 200 Å². The number of hydrogen-bond donors (Lipinski definition) is 7. The third kappa shape index (κ3) is 8.17. The molecule has 0 aliphatic heterocycles. The molecule has 4 unspecified atom stereocenters. The summed E-state index contributed by atoms with van der Waals surface area (Å²) in [5.41, 5.74) is 6.01. The number of carboxylic acids is 1. The highest BCUT2D eigenvalue weighted by Crippen LogP contribution is 2.06. The van der Waals surface area contributed by atoms with Crippen LogP contribution in [-0.2, 0) is 25.6 Å². The maximum absolute atomic E-state index is 12.6. The van der Waals surface area contributed by atoms with Gasteiger partial charge < -0.3 is 36.9 Å². The molecule has 1 heterocycles. The first-order chi connectivity index (χ1) is 14.0. The fourth-order valence-corrected chi connectivity index (χ4v) is 2.56. The van der Waals surface area contributed by atoms with Gasteiger partial charge in [0.05, 0.1) is 19.0 Å². The Morgan fingerprint density at radius 2 is 1.60 bits per heavy atom. The van der Waals surface area contributed by atoms with Gasteiger partial charge in [-0.2, -0.15) is 0 Å². The van der Waals surface area contributed by atoms with Gasteiger partial charge in [-0.25, -0.2) is 9.78 Å². The van der Waals surface area contributed by atoms with Crippen molar-refractivity contribution in [2.24, 2.45) is 11.7 Å². The normalized spacial score (nSPS) is 15.0. The van der Waals surface area contributed by atoms with Gasteiger partial charge in [0.15, 0.2) is 0 Å². The van der Waals surface area contributed by atoms with Gasteiger partial charge in [-0.1, -0.05) is 13.8 Å². The Hall–Kier alpha value is -2.99. The van der Waals surface area contributed by atoms with Gasteiger partial charge in [-0.05, 0) is 19.3 Å². The zero-order valence-corrected chi connectivity index (χ0v) is 17.2. The second-order valence-corrected chi connectivity index (χ2v) is 7.40. The quantitative estimate of drug-likeness (QED) is 0.196. The second kappa shape index (κ2) is 11.9. The Morgan fingerprint density at radius 3 is 2.07 bits per heavy atom. The minimum absolute atomic E-state index is 0.0429. The predicted molar refractivity (Wildman–Crippen MR) is 106 cm³/mol. The summed E-state index contributed by atoms with van der Waals surface area (Å²) in [5.74, 6) is -3.34. The molecule has 30 heavy (non-hydrogen) atoms.